The van der Waals surface area contributed by atoms with Crippen molar-refractivity contribution in [3.8, 4) is 0 Å². The Kier molecular flexibility index (Phi) is 7.38. The first-order valence-electron chi connectivity index (χ1n) is 12.0. The number of nitrogens with zero attached hydrogens (tertiary/aromatic N) is 3. The van der Waals surface area contributed by atoms with Gasteiger partial charge >= 0.3 is 0 Å². The fourth-order valence-electron chi connectivity index (χ4n) is 4.63. The van der Waals surface area contributed by atoms with Crippen molar-refractivity contribution in [2.45, 2.75) is 51.1 Å². The second kappa shape index (κ2) is 10.3. The van der Waals surface area contributed by atoms with Gasteiger partial charge in [-0.05, 0) is 48.9 Å². The van der Waals surface area contributed by atoms with Gasteiger partial charge in [0.25, 0.3) is 10.0 Å². The Bertz CT molecular complexity index is 1180. The van der Waals surface area contributed by atoms with Gasteiger partial charge in [-0.1, -0.05) is 50.2 Å². The largest absolute Gasteiger partial charge is 0.340 e. The van der Waals surface area contributed by atoms with Gasteiger partial charge in [-0.15, -0.1) is 0 Å². The summed E-state index contributed by atoms with van der Waals surface area (Å²) in [5.41, 5.74) is 3.13. The molecule has 0 bridgehead atoms. The van der Waals surface area contributed by atoms with E-state index in [1.165, 1.54) is 11.1 Å². The maximum Gasteiger partial charge on any atom is 0.263 e. The highest BCUT2D eigenvalue weighted by Crippen LogP contribution is 2.24. The first-order chi connectivity index (χ1) is 16.2. The Hall–Kier alpha value is -2.71. The SMILES string of the molecule is Cc1ccccc1CN1CCCN(C(=O)C(CC(C)C)N=C2NS(=O)(=O)c3ccccc32)CC1. The average Bonchev–Trinajstić information content (AvgIpc) is 2.93. The first-order valence-corrected chi connectivity index (χ1v) is 13.5. The van der Waals surface area contributed by atoms with Crippen LogP contribution in [0.25, 0.3) is 0 Å². The molecule has 1 fully saturated rings. The lowest BCUT2D eigenvalue weighted by atomic mass is 10.0. The fourth-order valence-corrected chi connectivity index (χ4v) is 5.87. The van der Waals surface area contributed by atoms with Crippen LogP contribution in [0.5, 0.6) is 0 Å². The molecule has 1 N–H and O–H groups in total. The van der Waals surface area contributed by atoms with Crippen molar-refractivity contribution in [3.63, 3.8) is 0 Å². The number of amides is 1. The number of rotatable bonds is 6. The van der Waals surface area contributed by atoms with Crippen LogP contribution in [0.2, 0.25) is 0 Å². The Morgan fingerprint density at radius 1 is 1.03 bits per heavy atom. The summed E-state index contributed by atoms with van der Waals surface area (Å²) in [6, 6.07) is 14.6. The quantitative estimate of drug-likeness (QED) is 0.686. The summed E-state index contributed by atoms with van der Waals surface area (Å²) in [6.45, 7) is 10.2. The van der Waals surface area contributed by atoms with Gasteiger partial charge in [0, 0.05) is 38.3 Å². The van der Waals surface area contributed by atoms with Gasteiger partial charge in [0.05, 0.1) is 4.90 Å². The van der Waals surface area contributed by atoms with E-state index in [0.29, 0.717) is 25.1 Å². The zero-order chi connectivity index (χ0) is 24.3. The summed E-state index contributed by atoms with van der Waals surface area (Å²) in [7, 11) is -3.64. The van der Waals surface area contributed by atoms with E-state index in [2.05, 4.69) is 59.7 Å². The van der Waals surface area contributed by atoms with Gasteiger partial charge in [-0.25, -0.2) is 8.42 Å². The zero-order valence-electron chi connectivity index (χ0n) is 20.2. The fraction of sp³-hybridized carbons (Fsp3) is 0.462. The van der Waals surface area contributed by atoms with Crippen LogP contribution in [0.3, 0.4) is 0 Å². The molecule has 1 saturated heterocycles. The number of aliphatic imine (C=N–C) groups is 1. The topological polar surface area (TPSA) is 82.1 Å². The highest BCUT2D eigenvalue weighted by Gasteiger charge is 2.33. The van der Waals surface area contributed by atoms with E-state index in [-0.39, 0.29) is 22.6 Å². The van der Waals surface area contributed by atoms with E-state index < -0.39 is 16.1 Å². The van der Waals surface area contributed by atoms with Crippen LogP contribution in [0.15, 0.2) is 58.4 Å². The molecule has 1 atom stereocenters. The number of carbonyl (C=O) groups excluding carboxylic acids is 1. The number of sulfonamides is 1. The minimum absolute atomic E-state index is 0.0254. The molecule has 1 amide bonds. The van der Waals surface area contributed by atoms with Crippen molar-refractivity contribution in [1.29, 1.82) is 0 Å². The molecule has 2 aliphatic heterocycles. The summed E-state index contributed by atoms with van der Waals surface area (Å²) in [5.74, 6) is 0.490. The molecule has 0 aromatic heterocycles. The van der Waals surface area contributed by atoms with E-state index >= 15 is 0 Å². The van der Waals surface area contributed by atoms with Crippen LogP contribution in [0.1, 0.15) is 43.4 Å². The van der Waals surface area contributed by atoms with Crippen LogP contribution in [-0.2, 0) is 21.4 Å². The molecule has 2 aliphatic rings. The molecule has 34 heavy (non-hydrogen) atoms. The number of benzene rings is 2. The van der Waals surface area contributed by atoms with Crippen molar-refractivity contribution >= 4 is 21.8 Å². The third-order valence-corrected chi connectivity index (χ3v) is 7.88. The maximum atomic E-state index is 13.6. The summed E-state index contributed by atoms with van der Waals surface area (Å²) >= 11 is 0. The van der Waals surface area contributed by atoms with Crippen molar-refractivity contribution < 1.29 is 13.2 Å². The van der Waals surface area contributed by atoms with Crippen LogP contribution in [0, 0.1) is 12.8 Å². The molecule has 1 unspecified atom stereocenters. The predicted octanol–water partition coefficient (Wildman–Crippen LogP) is 3.18. The number of carbonyl (C=O) groups is 1. The second-order valence-electron chi connectivity index (χ2n) is 9.61. The number of fused-ring (bicyclic) bond motifs is 1. The van der Waals surface area contributed by atoms with Gasteiger partial charge in [0.15, 0.2) is 0 Å². The van der Waals surface area contributed by atoms with Crippen molar-refractivity contribution in [3.05, 3.63) is 65.2 Å². The first kappa shape index (κ1) is 24.4. The molecule has 8 heteroatoms. The molecular weight excluding hydrogens is 448 g/mol. The number of aryl methyl sites for hydroxylation is 1. The van der Waals surface area contributed by atoms with Crippen LogP contribution < -0.4 is 4.72 Å². The van der Waals surface area contributed by atoms with Gasteiger partial charge in [0.2, 0.25) is 5.91 Å². The Morgan fingerprint density at radius 3 is 2.53 bits per heavy atom. The molecule has 2 aromatic rings. The summed E-state index contributed by atoms with van der Waals surface area (Å²) in [5, 5.41) is 0. The molecule has 182 valence electrons. The van der Waals surface area contributed by atoms with Crippen molar-refractivity contribution in [2.75, 3.05) is 26.2 Å². The van der Waals surface area contributed by atoms with E-state index in [1.54, 1.807) is 24.3 Å². The highest BCUT2D eigenvalue weighted by atomic mass is 32.2. The number of nitrogens with one attached hydrogen (secondary N) is 1. The van der Waals surface area contributed by atoms with Gasteiger partial charge in [-0.2, -0.15) is 0 Å². The number of hydrogen-bond acceptors (Lipinski definition) is 5. The molecular formula is C26H34N4O3S. The number of hydrogen-bond donors (Lipinski definition) is 1. The van der Waals surface area contributed by atoms with Gasteiger partial charge in [-0.3, -0.25) is 19.4 Å². The standard InChI is InChI=1S/C26H34N4O3S/c1-19(2)17-23(27-25-22-11-6-7-12-24(22)34(32,33)28-25)26(31)30-14-8-13-29(15-16-30)18-21-10-5-4-9-20(21)3/h4-7,9-12,19,23H,8,13-18H2,1-3H3,(H,27,28). The summed E-state index contributed by atoms with van der Waals surface area (Å²) in [4.78, 5) is 22.8. The lowest BCUT2D eigenvalue weighted by molar-refractivity contribution is -0.132. The van der Waals surface area contributed by atoms with E-state index in [9.17, 15) is 13.2 Å². The number of amidine groups is 1. The molecule has 0 radical (unpaired) electrons. The van der Waals surface area contributed by atoms with E-state index in [0.717, 1.165) is 26.1 Å². The molecule has 0 spiro atoms. The van der Waals surface area contributed by atoms with Crippen LogP contribution in [0.4, 0.5) is 0 Å². The lowest BCUT2D eigenvalue weighted by Crippen LogP contribution is -2.42. The Morgan fingerprint density at radius 2 is 1.76 bits per heavy atom. The van der Waals surface area contributed by atoms with E-state index in [4.69, 9.17) is 0 Å². The molecule has 0 aliphatic carbocycles. The summed E-state index contributed by atoms with van der Waals surface area (Å²) < 4.78 is 27.6. The average molecular weight is 483 g/mol. The summed E-state index contributed by atoms with van der Waals surface area (Å²) in [6.07, 6.45) is 1.47. The van der Waals surface area contributed by atoms with Crippen LogP contribution >= 0.6 is 0 Å². The minimum Gasteiger partial charge on any atom is -0.340 e. The Labute approximate surface area is 202 Å². The molecule has 7 nitrogen and oxygen atoms in total. The third kappa shape index (κ3) is 5.50. The second-order valence-corrected chi connectivity index (χ2v) is 11.3. The molecule has 4 rings (SSSR count). The monoisotopic (exact) mass is 482 g/mol. The third-order valence-electron chi connectivity index (χ3n) is 6.48. The maximum absolute atomic E-state index is 13.6. The van der Waals surface area contributed by atoms with Crippen LogP contribution in [-0.4, -0.2) is 62.2 Å². The Balaban J connectivity index is 1.50. The zero-order valence-corrected chi connectivity index (χ0v) is 21.0. The molecule has 2 aromatic carbocycles. The molecule has 0 saturated carbocycles. The predicted molar refractivity (Wildman–Crippen MR) is 134 cm³/mol. The van der Waals surface area contributed by atoms with E-state index in [1.807, 2.05) is 4.90 Å². The molecule has 2 heterocycles. The van der Waals surface area contributed by atoms with Crippen molar-refractivity contribution in [2.24, 2.45) is 10.9 Å². The minimum atomic E-state index is -3.64. The van der Waals surface area contributed by atoms with Gasteiger partial charge in [0.1, 0.15) is 11.9 Å². The van der Waals surface area contributed by atoms with Gasteiger partial charge < -0.3 is 4.90 Å². The normalized spacial score (nSPS) is 20.1. The lowest BCUT2D eigenvalue weighted by Gasteiger charge is -2.26. The van der Waals surface area contributed by atoms with Crippen molar-refractivity contribution in [1.82, 2.24) is 14.5 Å². The highest BCUT2D eigenvalue weighted by molar-refractivity contribution is 7.90. The smallest absolute Gasteiger partial charge is 0.263 e.